The van der Waals surface area contributed by atoms with Gasteiger partial charge >= 0.3 is 0 Å². The van der Waals surface area contributed by atoms with E-state index in [1.54, 1.807) is 18.2 Å². The highest BCUT2D eigenvalue weighted by Crippen LogP contribution is 2.32. The normalized spacial score (nSPS) is 21.0. The van der Waals surface area contributed by atoms with Gasteiger partial charge in [-0.2, -0.15) is 0 Å². The molecule has 12 nitrogen and oxygen atoms in total. The number of anilines is 1. The SMILES string of the molecule is O=S(=O)(NCc1nc(NCc2cccc3ccccc23)c2ncn(C3OC(CO)C(O)C3O)c2n1)c1ccccc1. The van der Waals surface area contributed by atoms with Crippen molar-refractivity contribution in [3.63, 3.8) is 0 Å². The summed E-state index contributed by atoms with van der Waals surface area (Å²) in [7, 11) is -3.84. The topological polar surface area (TPSA) is 172 Å². The molecule has 0 amide bonds. The van der Waals surface area contributed by atoms with Gasteiger partial charge in [-0.15, -0.1) is 0 Å². The number of aliphatic hydroxyl groups excluding tert-OH is 3. The van der Waals surface area contributed by atoms with Crippen LogP contribution in [0, 0.1) is 0 Å². The fourth-order valence-electron chi connectivity index (χ4n) is 4.93. The van der Waals surface area contributed by atoms with Crippen molar-refractivity contribution in [2.45, 2.75) is 42.5 Å². The van der Waals surface area contributed by atoms with Crippen LogP contribution in [0.4, 0.5) is 5.82 Å². The van der Waals surface area contributed by atoms with Gasteiger partial charge in [0.25, 0.3) is 0 Å². The van der Waals surface area contributed by atoms with E-state index in [4.69, 9.17) is 4.74 Å². The molecule has 5 aromatic rings. The van der Waals surface area contributed by atoms with E-state index in [-0.39, 0.29) is 22.9 Å². The highest BCUT2D eigenvalue weighted by molar-refractivity contribution is 7.89. The van der Waals surface area contributed by atoms with Gasteiger partial charge in [0.15, 0.2) is 23.2 Å². The summed E-state index contributed by atoms with van der Waals surface area (Å²) in [4.78, 5) is 13.7. The van der Waals surface area contributed by atoms with Crippen molar-refractivity contribution in [3.8, 4) is 0 Å². The van der Waals surface area contributed by atoms with Crippen LogP contribution in [0.25, 0.3) is 21.9 Å². The number of hydrogen-bond donors (Lipinski definition) is 5. The summed E-state index contributed by atoms with van der Waals surface area (Å²) in [5, 5.41) is 35.9. The zero-order valence-corrected chi connectivity index (χ0v) is 22.5. The minimum Gasteiger partial charge on any atom is -0.394 e. The van der Waals surface area contributed by atoms with Crippen molar-refractivity contribution in [2.24, 2.45) is 0 Å². The van der Waals surface area contributed by atoms with Crippen molar-refractivity contribution in [2.75, 3.05) is 11.9 Å². The first-order valence-corrected chi connectivity index (χ1v) is 14.4. The molecule has 3 aromatic carbocycles. The summed E-state index contributed by atoms with van der Waals surface area (Å²) in [6.07, 6.45) is -3.34. The Hall–Kier alpha value is -3.98. The number of fused-ring (bicyclic) bond motifs is 2. The minimum absolute atomic E-state index is 0.104. The van der Waals surface area contributed by atoms with Gasteiger partial charge in [-0.25, -0.2) is 28.1 Å². The van der Waals surface area contributed by atoms with Crippen molar-refractivity contribution in [3.05, 3.63) is 90.5 Å². The Kier molecular flexibility index (Phi) is 7.38. The van der Waals surface area contributed by atoms with Gasteiger partial charge in [0.2, 0.25) is 10.0 Å². The highest BCUT2D eigenvalue weighted by Gasteiger charge is 2.44. The molecule has 6 rings (SSSR count). The van der Waals surface area contributed by atoms with Crippen LogP contribution in [0.3, 0.4) is 0 Å². The van der Waals surface area contributed by atoms with Crippen LogP contribution in [-0.2, 0) is 27.8 Å². The quantitative estimate of drug-likeness (QED) is 0.174. The number of nitrogens with one attached hydrogen (secondary N) is 2. The molecule has 4 unspecified atom stereocenters. The molecular formula is C28H28N6O6S. The monoisotopic (exact) mass is 576 g/mol. The number of hydrogen-bond acceptors (Lipinski definition) is 10. The van der Waals surface area contributed by atoms with E-state index in [9.17, 15) is 23.7 Å². The second-order valence-corrected chi connectivity index (χ2v) is 11.4. The Morgan fingerprint density at radius 1 is 0.902 bits per heavy atom. The third kappa shape index (κ3) is 5.26. The van der Waals surface area contributed by atoms with Gasteiger partial charge in [0.05, 0.1) is 24.4 Å². The van der Waals surface area contributed by atoms with E-state index in [1.165, 1.54) is 23.0 Å². The molecule has 1 fully saturated rings. The molecule has 5 N–H and O–H groups in total. The van der Waals surface area contributed by atoms with Crippen LogP contribution < -0.4 is 10.0 Å². The minimum atomic E-state index is -3.84. The first kappa shape index (κ1) is 27.2. The molecule has 3 heterocycles. The number of aliphatic hydroxyl groups is 3. The van der Waals surface area contributed by atoms with Gasteiger partial charge in [-0.05, 0) is 28.5 Å². The molecule has 1 aliphatic rings. The van der Waals surface area contributed by atoms with Crippen molar-refractivity contribution >= 4 is 37.8 Å². The lowest BCUT2D eigenvalue weighted by Crippen LogP contribution is -2.33. The number of rotatable bonds is 9. The number of ether oxygens (including phenoxy) is 1. The van der Waals surface area contributed by atoms with Gasteiger partial charge in [-0.3, -0.25) is 4.57 Å². The molecule has 1 saturated heterocycles. The molecule has 13 heteroatoms. The third-order valence-corrected chi connectivity index (χ3v) is 8.48. The summed E-state index contributed by atoms with van der Waals surface area (Å²) in [6.45, 7) is -0.318. The smallest absolute Gasteiger partial charge is 0.240 e. The molecule has 1 aliphatic heterocycles. The molecule has 0 radical (unpaired) electrons. The zero-order valence-electron chi connectivity index (χ0n) is 21.7. The molecule has 2 aromatic heterocycles. The average Bonchev–Trinajstić information content (AvgIpc) is 3.55. The lowest BCUT2D eigenvalue weighted by Gasteiger charge is -2.17. The van der Waals surface area contributed by atoms with Crippen LogP contribution in [0.2, 0.25) is 0 Å². The zero-order chi connectivity index (χ0) is 28.6. The van der Waals surface area contributed by atoms with Gasteiger partial charge in [0.1, 0.15) is 24.1 Å². The largest absolute Gasteiger partial charge is 0.394 e. The number of aromatic nitrogens is 4. The molecule has 0 saturated carbocycles. The average molecular weight is 577 g/mol. The van der Waals surface area contributed by atoms with Crippen LogP contribution in [0.5, 0.6) is 0 Å². The third-order valence-electron chi connectivity index (χ3n) is 7.06. The second-order valence-electron chi connectivity index (χ2n) is 9.67. The standard InChI is InChI=1S/C28H28N6O6S/c35-15-21-24(36)25(37)28(40-21)34-16-30-23-26(29-13-18-9-6-8-17-7-4-5-12-20(17)18)32-22(33-27(23)34)14-31-41(38,39)19-10-2-1-3-11-19/h1-12,16,21,24-25,28,31,35-37H,13-15H2,(H,29,32,33). The maximum absolute atomic E-state index is 12.9. The maximum Gasteiger partial charge on any atom is 0.240 e. The lowest BCUT2D eigenvalue weighted by molar-refractivity contribution is -0.0511. The Balaban J connectivity index is 1.36. The fraction of sp³-hybridized carbons (Fsp3) is 0.250. The van der Waals surface area contributed by atoms with Crippen molar-refractivity contribution < 1.29 is 28.5 Å². The first-order valence-electron chi connectivity index (χ1n) is 13.0. The molecule has 212 valence electrons. The lowest BCUT2D eigenvalue weighted by atomic mass is 10.0. The van der Waals surface area contributed by atoms with E-state index < -0.39 is 41.2 Å². The molecular weight excluding hydrogens is 548 g/mol. The van der Waals surface area contributed by atoms with Crippen molar-refractivity contribution in [1.29, 1.82) is 0 Å². The van der Waals surface area contributed by atoms with E-state index >= 15 is 0 Å². The molecule has 41 heavy (non-hydrogen) atoms. The van der Waals surface area contributed by atoms with Crippen molar-refractivity contribution in [1.82, 2.24) is 24.2 Å². The summed E-state index contributed by atoms with van der Waals surface area (Å²) >= 11 is 0. The number of benzene rings is 3. The van der Waals surface area contributed by atoms with Gasteiger partial charge in [0, 0.05) is 6.54 Å². The Bertz CT molecular complexity index is 1790. The van der Waals surface area contributed by atoms with Gasteiger partial charge in [-0.1, -0.05) is 60.7 Å². The number of nitrogens with zero attached hydrogens (tertiary/aromatic N) is 4. The first-order chi connectivity index (χ1) is 19.9. The van der Waals surface area contributed by atoms with Crippen LogP contribution in [-0.4, -0.2) is 68.2 Å². The summed E-state index contributed by atoms with van der Waals surface area (Å²) < 4.78 is 35.4. The molecule has 0 spiro atoms. The number of imidazole rings is 1. The maximum atomic E-state index is 12.9. The van der Waals surface area contributed by atoms with E-state index in [0.29, 0.717) is 17.9 Å². The van der Waals surface area contributed by atoms with Crippen LogP contribution in [0.1, 0.15) is 17.6 Å². The Morgan fingerprint density at radius 3 is 2.44 bits per heavy atom. The molecule has 0 bridgehead atoms. The summed E-state index contributed by atoms with van der Waals surface area (Å²) in [5.41, 5.74) is 1.63. The second kappa shape index (κ2) is 11.1. The Morgan fingerprint density at radius 2 is 1.66 bits per heavy atom. The highest BCUT2D eigenvalue weighted by atomic mass is 32.2. The van der Waals surface area contributed by atoms with Crippen LogP contribution >= 0.6 is 0 Å². The summed E-state index contributed by atoms with van der Waals surface area (Å²) in [6, 6.07) is 22.0. The van der Waals surface area contributed by atoms with Gasteiger partial charge < -0.3 is 25.4 Å². The fourth-order valence-corrected chi connectivity index (χ4v) is 5.93. The van der Waals surface area contributed by atoms with E-state index in [2.05, 4.69) is 25.0 Å². The summed E-state index contributed by atoms with van der Waals surface area (Å²) in [5.74, 6) is 0.494. The predicted molar refractivity (Wildman–Crippen MR) is 150 cm³/mol. The van der Waals surface area contributed by atoms with E-state index in [1.807, 2.05) is 42.5 Å². The predicted octanol–water partition coefficient (Wildman–Crippen LogP) is 1.68. The Labute approximate surface area is 235 Å². The van der Waals surface area contributed by atoms with Crippen LogP contribution in [0.15, 0.2) is 84.0 Å². The molecule has 4 atom stereocenters. The molecule has 0 aliphatic carbocycles. The number of sulfonamides is 1. The van der Waals surface area contributed by atoms with E-state index in [0.717, 1.165) is 16.3 Å².